The van der Waals surface area contributed by atoms with Gasteiger partial charge in [0.2, 0.25) is 0 Å². The van der Waals surface area contributed by atoms with E-state index in [1.165, 1.54) is 17.0 Å². The summed E-state index contributed by atoms with van der Waals surface area (Å²) < 4.78 is 12.6. The number of carbonyl (C=O) groups excluding carboxylic acids is 2. The number of hydrogen-bond donors (Lipinski definition) is 2. The van der Waals surface area contributed by atoms with Gasteiger partial charge in [0.05, 0.1) is 24.8 Å². The number of halogens is 1. The zero-order chi connectivity index (χ0) is 33.3. The molecule has 3 aromatic rings. The second kappa shape index (κ2) is 13.3. The first-order valence-electron chi connectivity index (χ1n) is 15.3. The van der Waals surface area contributed by atoms with Crippen LogP contribution in [0.5, 0.6) is 0 Å². The predicted octanol–water partition coefficient (Wildman–Crippen LogP) is 6.50. The van der Waals surface area contributed by atoms with E-state index in [9.17, 15) is 24.3 Å². The van der Waals surface area contributed by atoms with Crippen LogP contribution >= 0.6 is 11.6 Å². The van der Waals surface area contributed by atoms with E-state index in [0.29, 0.717) is 21.7 Å². The average molecular weight is 651 g/mol. The largest absolute Gasteiger partial charge is 0.478 e. The number of hydrogen-bond acceptors (Lipinski definition) is 7. The van der Waals surface area contributed by atoms with E-state index in [0.717, 1.165) is 31.4 Å². The van der Waals surface area contributed by atoms with Gasteiger partial charge in [-0.05, 0) is 100 Å². The van der Waals surface area contributed by atoms with Gasteiger partial charge >= 0.3 is 12.1 Å². The number of amides is 2. The number of aromatic nitrogens is 2. The van der Waals surface area contributed by atoms with Crippen molar-refractivity contribution in [3.05, 3.63) is 80.4 Å². The Balaban J connectivity index is 1.49. The van der Waals surface area contributed by atoms with E-state index >= 15 is 0 Å². The smallest absolute Gasteiger partial charge is 0.410 e. The van der Waals surface area contributed by atoms with Gasteiger partial charge in [0.15, 0.2) is 0 Å². The molecule has 12 heteroatoms. The number of rotatable bonds is 11. The van der Waals surface area contributed by atoms with Gasteiger partial charge < -0.3 is 29.4 Å². The molecule has 244 valence electrons. The van der Waals surface area contributed by atoms with Gasteiger partial charge in [0, 0.05) is 36.0 Å². The summed E-state index contributed by atoms with van der Waals surface area (Å²) in [4.78, 5) is 58.7. The number of carbonyl (C=O) groups is 3. The Kier molecular flexibility index (Phi) is 9.55. The van der Waals surface area contributed by atoms with Crippen LogP contribution < -0.4 is 10.9 Å². The molecule has 2 N–H and O–H groups in total. The Morgan fingerprint density at radius 3 is 2.43 bits per heavy atom. The van der Waals surface area contributed by atoms with Crippen LogP contribution in [-0.2, 0) is 16.0 Å². The van der Waals surface area contributed by atoms with Crippen molar-refractivity contribution < 1.29 is 29.0 Å². The number of benzene rings is 1. The Bertz CT molecular complexity index is 1720. The highest BCUT2D eigenvalue weighted by Gasteiger charge is 2.30. The van der Waals surface area contributed by atoms with Crippen LogP contribution in [0.4, 0.5) is 10.6 Å². The first-order chi connectivity index (χ1) is 21.7. The molecule has 46 heavy (non-hydrogen) atoms. The van der Waals surface area contributed by atoms with E-state index in [-0.39, 0.29) is 48.1 Å². The van der Waals surface area contributed by atoms with Gasteiger partial charge in [0.1, 0.15) is 17.0 Å². The Hall–Kier alpha value is -4.22. The molecular weight excluding hydrogens is 612 g/mol. The molecule has 0 radical (unpaired) electrons. The van der Waals surface area contributed by atoms with Gasteiger partial charge in [-0.1, -0.05) is 17.7 Å². The fraction of sp³-hybridized carbons (Fsp3) is 0.441. The van der Waals surface area contributed by atoms with Gasteiger partial charge in [-0.25, -0.2) is 14.6 Å². The molecule has 11 nitrogen and oxygen atoms in total. The van der Waals surface area contributed by atoms with Crippen molar-refractivity contribution in [1.29, 1.82) is 0 Å². The second-order valence-corrected chi connectivity index (χ2v) is 13.4. The molecule has 0 aliphatic heterocycles. The maximum atomic E-state index is 13.8. The van der Waals surface area contributed by atoms with Crippen molar-refractivity contribution in [2.24, 2.45) is 0 Å². The lowest BCUT2D eigenvalue weighted by molar-refractivity contribution is 0.00887. The number of nitrogens with one attached hydrogen (secondary N) is 1. The van der Waals surface area contributed by atoms with Crippen LogP contribution in [0, 0.1) is 0 Å². The van der Waals surface area contributed by atoms with Crippen molar-refractivity contribution in [3.8, 4) is 11.1 Å². The van der Waals surface area contributed by atoms with E-state index < -0.39 is 29.1 Å². The van der Waals surface area contributed by atoms with Crippen molar-refractivity contribution in [2.45, 2.75) is 83.6 Å². The number of pyridine rings is 2. The summed E-state index contributed by atoms with van der Waals surface area (Å²) >= 11 is 6.08. The van der Waals surface area contributed by atoms with Crippen LogP contribution in [0.1, 0.15) is 97.3 Å². The van der Waals surface area contributed by atoms with Crippen molar-refractivity contribution in [2.75, 3.05) is 19.0 Å². The van der Waals surface area contributed by atoms with Crippen LogP contribution in [0.3, 0.4) is 0 Å². The minimum absolute atomic E-state index is 0.0232. The maximum absolute atomic E-state index is 13.8. The maximum Gasteiger partial charge on any atom is 0.410 e. The average Bonchev–Trinajstić information content (AvgIpc) is 3.90. The van der Waals surface area contributed by atoms with Crippen molar-refractivity contribution >= 4 is 35.4 Å². The molecule has 2 fully saturated rings. The lowest BCUT2D eigenvalue weighted by Crippen LogP contribution is -2.41. The van der Waals surface area contributed by atoms with E-state index in [1.807, 2.05) is 13.0 Å². The SMILES string of the molecule is CO[C@@H](C)CN(Cc1cc(C(=O)Nc2cc(-c3ccc(Cl)cc3C(=O)O)cc(C3CC3)n2)c(=O)n(C2CC2)c1)C(=O)OC(C)(C)C. The van der Waals surface area contributed by atoms with Crippen LogP contribution in [0.15, 0.2) is 47.4 Å². The summed E-state index contributed by atoms with van der Waals surface area (Å²) in [6.07, 6.45) is 4.35. The molecule has 0 unspecified atom stereocenters. The lowest BCUT2D eigenvalue weighted by Gasteiger charge is -2.29. The molecule has 2 aromatic heterocycles. The number of carboxylic acids is 1. The number of ether oxygens (including phenoxy) is 2. The fourth-order valence-electron chi connectivity index (χ4n) is 5.16. The number of methoxy groups -OCH3 is 1. The highest BCUT2D eigenvalue weighted by molar-refractivity contribution is 6.31. The molecule has 2 amide bonds. The first-order valence-corrected chi connectivity index (χ1v) is 15.7. The van der Waals surface area contributed by atoms with E-state index in [1.54, 1.807) is 56.8 Å². The third kappa shape index (κ3) is 8.13. The molecule has 2 aliphatic carbocycles. The highest BCUT2D eigenvalue weighted by atomic mass is 35.5. The number of anilines is 1. The Labute approximate surface area is 272 Å². The van der Waals surface area contributed by atoms with Crippen LogP contribution in [0.25, 0.3) is 11.1 Å². The third-order valence-corrected chi connectivity index (χ3v) is 8.03. The van der Waals surface area contributed by atoms with E-state index in [2.05, 4.69) is 10.3 Å². The second-order valence-electron chi connectivity index (χ2n) is 13.0. The molecular formula is C34H39ClN4O7. The molecule has 2 saturated carbocycles. The minimum Gasteiger partial charge on any atom is -0.478 e. The van der Waals surface area contributed by atoms with Crippen LogP contribution in [0.2, 0.25) is 5.02 Å². The fourth-order valence-corrected chi connectivity index (χ4v) is 5.33. The predicted molar refractivity (Wildman–Crippen MR) is 174 cm³/mol. The number of aromatic carboxylic acids is 1. The normalized spacial score (nSPS) is 15.3. The summed E-state index contributed by atoms with van der Waals surface area (Å²) in [5, 5.41) is 12.9. The summed E-state index contributed by atoms with van der Waals surface area (Å²) in [5.41, 5.74) is 1.07. The van der Waals surface area contributed by atoms with Gasteiger partial charge in [-0.2, -0.15) is 0 Å². The lowest BCUT2D eigenvalue weighted by atomic mass is 9.99. The number of carboxylic acid groups (broad SMARTS) is 1. The standard InChI is InChI=1S/C34H39ClN4O7/c1-19(45-5)16-38(33(44)46-34(2,3)4)17-20-12-27(31(41)39(18-20)24-9-10-24)30(40)37-29-14-22(13-28(36-29)21-6-7-21)25-11-8-23(35)15-26(25)32(42)43/h8,11-15,18-19,21,24H,6-7,9-10,16-17H2,1-5H3,(H,42,43)(H,36,37,40)/t19-/m0/s1. The summed E-state index contributed by atoms with van der Waals surface area (Å²) in [5.74, 6) is -1.40. The summed E-state index contributed by atoms with van der Waals surface area (Å²) in [6, 6.07) is 9.51. The monoisotopic (exact) mass is 650 g/mol. The molecule has 1 aromatic carbocycles. The third-order valence-electron chi connectivity index (χ3n) is 7.79. The molecule has 2 heterocycles. The van der Waals surface area contributed by atoms with Crippen LogP contribution in [-0.4, -0.2) is 62.9 Å². The number of nitrogens with zero attached hydrogens (tertiary/aromatic N) is 3. The van der Waals surface area contributed by atoms with Gasteiger partial charge in [0.25, 0.3) is 11.5 Å². The quantitative estimate of drug-likeness (QED) is 0.240. The molecule has 5 rings (SSSR count). The summed E-state index contributed by atoms with van der Waals surface area (Å²) in [7, 11) is 1.56. The molecule has 2 aliphatic rings. The van der Waals surface area contributed by atoms with Crippen molar-refractivity contribution in [1.82, 2.24) is 14.5 Å². The topological polar surface area (TPSA) is 140 Å². The molecule has 0 bridgehead atoms. The first kappa shape index (κ1) is 33.2. The van der Waals surface area contributed by atoms with Gasteiger partial charge in [-0.3, -0.25) is 9.59 Å². The minimum atomic E-state index is -1.13. The zero-order valence-electron chi connectivity index (χ0n) is 26.6. The zero-order valence-corrected chi connectivity index (χ0v) is 27.4. The van der Waals surface area contributed by atoms with E-state index in [4.69, 9.17) is 21.1 Å². The van der Waals surface area contributed by atoms with Crippen molar-refractivity contribution in [3.63, 3.8) is 0 Å². The molecule has 0 spiro atoms. The van der Waals surface area contributed by atoms with Gasteiger partial charge in [-0.15, -0.1) is 0 Å². The molecule has 1 atom stereocenters. The Morgan fingerprint density at radius 1 is 1.11 bits per heavy atom. The summed E-state index contributed by atoms with van der Waals surface area (Å²) in [6.45, 7) is 7.51. The molecule has 0 saturated heterocycles. The highest BCUT2D eigenvalue weighted by Crippen LogP contribution is 2.41. The Morgan fingerprint density at radius 2 is 1.83 bits per heavy atom.